The van der Waals surface area contributed by atoms with E-state index in [9.17, 15) is 18.0 Å². The summed E-state index contributed by atoms with van der Waals surface area (Å²) in [5.74, 6) is -0.762. The summed E-state index contributed by atoms with van der Waals surface area (Å²) in [7, 11) is 1.13. The highest BCUT2D eigenvalue weighted by Crippen LogP contribution is 2.37. The normalized spacial score (nSPS) is 11.2. The van der Waals surface area contributed by atoms with Crippen LogP contribution in [-0.2, 0) is 4.74 Å². The van der Waals surface area contributed by atoms with E-state index in [-0.39, 0.29) is 27.9 Å². The third kappa shape index (κ3) is 3.34. The molecule has 0 saturated carbocycles. The van der Waals surface area contributed by atoms with Crippen LogP contribution in [-0.4, -0.2) is 18.6 Å². The zero-order chi connectivity index (χ0) is 12.3. The van der Waals surface area contributed by atoms with Gasteiger partial charge in [0.25, 0.3) is 0 Å². The van der Waals surface area contributed by atoms with E-state index >= 15 is 0 Å². The van der Waals surface area contributed by atoms with Gasteiger partial charge in [0, 0.05) is 10.6 Å². The van der Waals surface area contributed by atoms with Crippen molar-refractivity contribution >= 4 is 23.4 Å². The molecule has 0 aromatic heterocycles. The van der Waals surface area contributed by atoms with Gasteiger partial charge in [0.1, 0.15) is 0 Å². The zero-order valence-corrected chi connectivity index (χ0v) is 8.98. The van der Waals surface area contributed by atoms with Crippen LogP contribution in [0.15, 0.2) is 23.1 Å². The predicted octanol–water partition coefficient (Wildman–Crippen LogP) is 2.67. The zero-order valence-electron chi connectivity index (χ0n) is 8.17. The summed E-state index contributed by atoms with van der Waals surface area (Å²) in [6, 6.07) is 3.49. The van der Waals surface area contributed by atoms with Gasteiger partial charge in [-0.3, -0.25) is 0 Å². The first kappa shape index (κ1) is 12.7. The molecule has 0 saturated heterocycles. The number of alkyl halides is 3. The first-order chi connectivity index (χ1) is 7.33. The van der Waals surface area contributed by atoms with Gasteiger partial charge in [-0.05, 0) is 30.0 Å². The topological polar surface area (TPSA) is 52.3 Å². The number of carbonyl (C=O) groups excluding carboxylic acids is 1. The van der Waals surface area contributed by atoms with Crippen molar-refractivity contribution in [2.24, 2.45) is 0 Å². The van der Waals surface area contributed by atoms with Crippen molar-refractivity contribution in [2.75, 3.05) is 12.8 Å². The second kappa shape index (κ2) is 4.65. The Balaban J connectivity index is 3.03. The minimum Gasteiger partial charge on any atom is -0.465 e. The summed E-state index contributed by atoms with van der Waals surface area (Å²) in [5.41, 5.74) is 1.05. The van der Waals surface area contributed by atoms with Crippen LogP contribution in [0.1, 0.15) is 10.4 Å². The minimum atomic E-state index is -4.40. The third-order valence-electron chi connectivity index (χ3n) is 1.66. The first-order valence-electron chi connectivity index (χ1n) is 4.07. The van der Waals surface area contributed by atoms with Gasteiger partial charge in [-0.15, -0.1) is 0 Å². The number of anilines is 1. The van der Waals surface area contributed by atoms with E-state index in [1.54, 1.807) is 0 Å². The summed E-state index contributed by atoms with van der Waals surface area (Å²) in [6.07, 6.45) is 0. The summed E-state index contributed by atoms with van der Waals surface area (Å²) < 4.78 is 40.6. The fourth-order valence-electron chi connectivity index (χ4n) is 1.02. The van der Waals surface area contributed by atoms with Gasteiger partial charge in [-0.25, -0.2) is 4.79 Å². The summed E-state index contributed by atoms with van der Waals surface area (Å²) in [6.45, 7) is 0. The quantitative estimate of drug-likeness (QED) is 0.499. The van der Waals surface area contributed by atoms with Gasteiger partial charge in [-0.2, -0.15) is 13.2 Å². The molecular formula is C9H8F3NO2S. The van der Waals surface area contributed by atoms with E-state index in [4.69, 9.17) is 5.73 Å². The molecule has 0 aliphatic rings. The molecule has 7 heteroatoms. The molecule has 0 aliphatic carbocycles. The Labute approximate surface area is 93.8 Å². The molecule has 0 fully saturated rings. The number of halogens is 3. The summed E-state index contributed by atoms with van der Waals surface area (Å²) in [4.78, 5) is 11.1. The molecule has 1 aromatic rings. The van der Waals surface area contributed by atoms with Crippen molar-refractivity contribution in [2.45, 2.75) is 10.4 Å². The second-order valence-corrected chi connectivity index (χ2v) is 3.93. The summed E-state index contributed by atoms with van der Waals surface area (Å²) in [5, 5.41) is 0. The fourth-order valence-corrected chi connectivity index (χ4v) is 1.60. The van der Waals surface area contributed by atoms with Gasteiger partial charge in [-0.1, -0.05) is 0 Å². The average molecular weight is 251 g/mol. The van der Waals surface area contributed by atoms with Crippen molar-refractivity contribution < 1.29 is 22.7 Å². The lowest BCUT2D eigenvalue weighted by atomic mass is 10.2. The lowest BCUT2D eigenvalue weighted by Gasteiger charge is -2.08. The van der Waals surface area contributed by atoms with E-state index < -0.39 is 11.5 Å². The number of methoxy groups -OCH3 is 1. The molecule has 1 rings (SSSR count). The maximum Gasteiger partial charge on any atom is 0.446 e. The van der Waals surface area contributed by atoms with Gasteiger partial charge in [0.2, 0.25) is 0 Å². The molecule has 0 heterocycles. The molecular weight excluding hydrogens is 243 g/mol. The van der Waals surface area contributed by atoms with Gasteiger partial charge >= 0.3 is 11.5 Å². The fraction of sp³-hybridized carbons (Fsp3) is 0.222. The molecule has 0 unspecified atom stereocenters. The van der Waals surface area contributed by atoms with E-state index in [0.717, 1.165) is 13.2 Å². The second-order valence-electron chi connectivity index (χ2n) is 2.79. The van der Waals surface area contributed by atoms with Crippen LogP contribution in [0.4, 0.5) is 18.9 Å². The maximum absolute atomic E-state index is 12.1. The van der Waals surface area contributed by atoms with E-state index in [0.29, 0.717) is 0 Å². The molecule has 88 valence electrons. The largest absolute Gasteiger partial charge is 0.465 e. The number of ether oxygens (including phenoxy) is 1. The highest BCUT2D eigenvalue weighted by molar-refractivity contribution is 8.00. The van der Waals surface area contributed by atoms with Crippen molar-refractivity contribution in [1.29, 1.82) is 0 Å². The van der Waals surface area contributed by atoms with E-state index in [1.165, 1.54) is 12.1 Å². The number of hydrogen-bond donors (Lipinski definition) is 1. The molecule has 1 aromatic carbocycles. The first-order valence-corrected chi connectivity index (χ1v) is 4.88. The third-order valence-corrected chi connectivity index (χ3v) is 2.38. The van der Waals surface area contributed by atoms with Gasteiger partial charge in [0.15, 0.2) is 0 Å². The number of carbonyl (C=O) groups is 1. The highest BCUT2D eigenvalue weighted by Gasteiger charge is 2.29. The monoisotopic (exact) mass is 251 g/mol. The van der Waals surface area contributed by atoms with Crippen LogP contribution < -0.4 is 5.73 Å². The number of nitrogen functional groups attached to an aromatic ring is 1. The molecule has 3 nitrogen and oxygen atoms in total. The predicted molar refractivity (Wildman–Crippen MR) is 54.1 cm³/mol. The van der Waals surface area contributed by atoms with Crippen LogP contribution in [0.2, 0.25) is 0 Å². The molecule has 0 amide bonds. The minimum absolute atomic E-state index is 0.0725. The smallest absolute Gasteiger partial charge is 0.446 e. The van der Waals surface area contributed by atoms with Crippen LogP contribution in [0.5, 0.6) is 0 Å². The Hall–Kier alpha value is -1.37. The molecule has 0 bridgehead atoms. The number of benzene rings is 1. The Bertz CT molecular complexity index is 406. The van der Waals surface area contributed by atoms with Crippen molar-refractivity contribution in [3.63, 3.8) is 0 Å². The Kier molecular flexibility index (Phi) is 3.69. The molecule has 0 spiro atoms. The number of nitrogens with two attached hydrogens (primary N) is 1. The molecule has 0 aliphatic heterocycles. The Morgan fingerprint density at radius 2 is 2.06 bits per heavy atom. The van der Waals surface area contributed by atoms with E-state index in [1.807, 2.05) is 0 Å². The maximum atomic E-state index is 12.1. The van der Waals surface area contributed by atoms with Gasteiger partial charge < -0.3 is 10.5 Å². The lowest BCUT2D eigenvalue weighted by Crippen LogP contribution is -2.06. The standard InChI is InChI=1S/C9H8F3NO2S/c1-15-8(14)6-4-5(2-3-7(6)13)16-9(10,11)12/h2-4H,13H2,1H3. The highest BCUT2D eigenvalue weighted by atomic mass is 32.2. The molecule has 16 heavy (non-hydrogen) atoms. The van der Waals surface area contributed by atoms with Crippen molar-refractivity contribution in [3.8, 4) is 0 Å². The molecule has 2 N–H and O–H groups in total. The SMILES string of the molecule is COC(=O)c1cc(SC(F)(F)F)ccc1N. The van der Waals surface area contributed by atoms with Crippen LogP contribution >= 0.6 is 11.8 Å². The van der Waals surface area contributed by atoms with Gasteiger partial charge in [0.05, 0.1) is 12.7 Å². The number of esters is 1. The Morgan fingerprint density at radius 1 is 1.44 bits per heavy atom. The van der Waals surface area contributed by atoms with Crippen LogP contribution in [0.25, 0.3) is 0 Å². The number of thioether (sulfide) groups is 1. The molecule has 0 radical (unpaired) electrons. The summed E-state index contributed by atoms with van der Waals surface area (Å²) >= 11 is -0.312. The van der Waals surface area contributed by atoms with Crippen molar-refractivity contribution in [1.82, 2.24) is 0 Å². The van der Waals surface area contributed by atoms with Crippen LogP contribution in [0.3, 0.4) is 0 Å². The number of rotatable bonds is 2. The Morgan fingerprint density at radius 3 is 2.56 bits per heavy atom. The van der Waals surface area contributed by atoms with Crippen molar-refractivity contribution in [3.05, 3.63) is 23.8 Å². The number of hydrogen-bond acceptors (Lipinski definition) is 4. The van der Waals surface area contributed by atoms with E-state index in [2.05, 4.69) is 4.74 Å². The average Bonchev–Trinajstić information content (AvgIpc) is 2.18. The van der Waals surface area contributed by atoms with Crippen LogP contribution in [0, 0.1) is 0 Å². The molecule has 0 atom stereocenters. The lowest BCUT2D eigenvalue weighted by molar-refractivity contribution is -0.0328.